The van der Waals surface area contributed by atoms with Crippen molar-refractivity contribution in [1.82, 2.24) is 19.7 Å². The number of piperidine rings is 1. The summed E-state index contributed by atoms with van der Waals surface area (Å²) >= 11 is 0. The third kappa shape index (κ3) is 3.59. The van der Waals surface area contributed by atoms with Crippen molar-refractivity contribution in [3.8, 4) is 11.1 Å². The van der Waals surface area contributed by atoms with Crippen LogP contribution in [0.15, 0.2) is 42.7 Å². The lowest BCUT2D eigenvalue weighted by molar-refractivity contribution is 0.0656. The minimum absolute atomic E-state index is 0.0853. The van der Waals surface area contributed by atoms with Gasteiger partial charge in [-0.25, -0.2) is 4.79 Å². The average Bonchev–Trinajstić information content (AvgIpc) is 3.11. The van der Waals surface area contributed by atoms with E-state index < -0.39 is 0 Å². The van der Waals surface area contributed by atoms with Crippen LogP contribution >= 0.6 is 0 Å². The van der Waals surface area contributed by atoms with Gasteiger partial charge in [-0.05, 0) is 57.4 Å². The molecule has 28 heavy (non-hydrogen) atoms. The lowest BCUT2D eigenvalue weighted by Gasteiger charge is -2.32. The lowest BCUT2D eigenvalue weighted by atomic mass is 10.0. The minimum Gasteiger partial charge on any atom is -0.447 e. The van der Waals surface area contributed by atoms with Gasteiger partial charge in [-0.15, -0.1) is 0 Å². The van der Waals surface area contributed by atoms with Crippen LogP contribution in [0, 0.1) is 6.92 Å². The Morgan fingerprint density at radius 3 is 2.71 bits per heavy atom. The van der Waals surface area contributed by atoms with Crippen molar-refractivity contribution in [3.63, 3.8) is 0 Å². The Labute approximate surface area is 165 Å². The lowest BCUT2D eigenvalue weighted by Crippen LogP contribution is -2.40. The summed E-state index contributed by atoms with van der Waals surface area (Å²) in [7, 11) is 0. The fourth-order valence-corrected chi connectivity index (χ4v) is 3.87. The highest BCUT2D eigenvalue weighted by Gasteiger charge is 2.26. The van der Waals surface area contributed by atoms with E-state index in [1.54, 1.807) is 4.90 Å². The Morgan fingerprint density at radius 2 is 2.00 bits per heavy atom. The van der Waals surface area contributed by atoms with E-state index in [9.17, 15) is 4.79 Å². The number of rotatable bonds is 3. The van der Waals surface area contributed by atoms with E-state index in [-0.39, 0.29) is 12.2 Å². The van der Waals surface area contributed by atoms with E-state index in [0.717, 1.165) is 40.6 Å². The Bertz CT molecular complexity index is 987. The molecule has 4 rings (SSSR count). The summed E-state index contributed by atoms with van der Waals surface area (Å²) in [4.78, 5) is 18.3. The number of ether oxygens (including phenoxy) is 1. The highest BCUT2D eigenvalue weighted by atomic mass is 16.6. The van der Waals surface area contributed by atoms with Crippen molar-refractivity contribution >= 4 is 17.0 Å². The molecule has 1 amide bonds. The quantitative estimate of drug-likeness (QED) is 0.669. The summed E-state index contributed by atoms with van der Waals surface area (Å²) in [5.74, 6) is 0. The number of nitrogens with zero attached hydrogens (tertiary/aromatic N) is 4. The maximum atomic E-state index is 12.1. The predicted molar refractivity (Wildman–Crippen MR) is 109 cm³/mol. The second-order valence-corrected chi connectivity index (χ2v) is 7.65. The first-order valence-electron chi connectivity index (χ1n) is 9.88. The van der Waals surface area contributed by atoms with Crippen LogP contribution in [0.1, 0.15) is 38.4 Å². The summed E-state index contributed by atoms with van der Waals surface area (Å²) in [6.07, 6.45) is 5.22. The molecule has 1 fully saturated rings. The smallest absolute Gasteiger partial charge is 0.410 e. The zero-order chi connectivity index (χ0) is 19.7. The molecule has 0 bridgehead atoms. The van der Waals surface area contributed by atoms with Gasteiger partial charge < -0.3 is 9.64 Å². The minimum atomic E-state index is -0.213. The van der Waals surface area contributed by atoms with E-state index >= 15 is 0 Å². The van der Waals surface area contributed by atoms with Crippen LogP contribution < -0.4 is 0 Å². The first kappa shape index (κ1) is 18.5. The molecule has 0 radical (unpaired) electrons. The molecule has 1 aliphatic rings. The van der Waals surface area contributed by atoms with Gasteiger partial charge in [-0.2, -0.15) is 5.10 Å². The van der Waals surface area contributed by atoms with Crippen LogP contribution in [0.5, 0.6) is 0 Å². The molecular formula is C22H26N4O2. The van der Waals surface area contributed by atoms with Crippen molar-refractivity contribution in [2.75, 3.05) is 13.1 Å². The molecule has 1 aliphatic heterocycles. The first-order valence-corrected chi connectivity index (χ1v) is 9.88. The SMILES string of the molecule is Cc1ncccc1-c1ccc2c(cnn2C2CCN(C(=O)OC(C)C)CC2)c1. The van der Waals surface area contributed by atoms with Gasteiger partial charge in [0.15, 0.2) is 0 Å². The highest BCUT2D eigenvalue weighted by Crippen LogP contribution is 2.30. The zero-order valence-electron chi connectivity index (χ0n) is 16.6. The van der Waals surface area contributed by atoms with E-state index in [4.69, 9.17) is 4.74 Å². The van der Waals surface area contributed by atoms with Crippen molar-refractivity contribution < 1.29 is 9.53 Å². The normalized spacial score (nSPS) is 15.4. The molecule has 0 atom stereocenters. The number of carbonyl (C=O) groups is 1. The maximum absolute atomic E-state index is 12.1. The number of aryl methyl sites for hydroxylation is 1. The molecule has 0 aliphatic carbocycles. The zero-order valence-corrected chi connectivity index (χ0v) is 16.6. The van der Waals surface area contributed by atoms with E-state index in [1.807, 2.05) is 39.2 Å². The summed E-state index contributed by atoms with van der Waals surface area (Å²) < 4.78 is 7.42. The van der Waals surface area contributed by atoms with E-state index in [2.05, 4.69) is 39.0 Å². The van der Waals surface area contributed by atoms with Gasteiger partial charge in [0.05, 0.1) is 23.9 Å². The van der Waals surface area contributed by atoms with Gasteiger partial charge in [0, 0.05) is 35.9 Å². The monoisotopic (exact) mass is 378 g/mol. The van der Waals surface area contributed by atoms with Crippen LogP contribution in [-0.4, -0.2) is 45.0 Å². The van der Waals surface area contributed by atoms with Gasteiger partial charge in [0.25, 0.3) is 0 Å². The van der Waals surface area contributed by atoms with Crippen LogP contribution in [0.3, 0.4) is 0 Å². The van der Waals surface area contributed by atoms with Crippen molar-refractivity contribution in [2.24, 2.45) is 0 Å². The first-order chi connectivity index (χ1) is 13.5. The fraction of sp³-hybridized carbons (Fsp3) is 0.409. The van der Waals surface area contributed by atoms with Gasteiger partial charge in [0.1, 0.15) is 0 Å². The topological polar surface area (TPSA) is 60.2 Å². The second kappa shape index (κ2) is 7.62. The molecule has 6 heteroatoms. The van der Waals surface area contributed by atoms with Crippen molar-refractivity contribution in [1.29, 1.82) is 0 Å². The van der Waals surface area contributed by atoms with Gasteiger partial charge >= 0.3 is 6.09 Å². The summed E-state index contributed by atoms with van der Waals surface area (Å²) in [5, 5.41) is 5.79. The van der Waals surface area contributed by atoms with Gasteiger partial charge in [-0.3, -0.25) is 9.67 Å². The molecule has 3 aromatic rings. The number of likely N-dealkylation sites (tertiary alicyclic amines) is 1. The molecule has 146 valence electrons. The molecule has 1 saturated heterocycles. The van der Waals surface area contributed by atoms with E-state index in [0.29, 0.717) is 19.1 Å². The van der Waals surface area contributed by atoms with Gasteiger partial charge in [-0.1, -0.05) is 12.1 Å². The number of hydrogen-bond acceptors (Lipinski definition) is 4. The summed E-state index contributed by atoms with van der Waals surface area (Å²) in [6, 6.07) is 10.8. The Balaban J connectivity index is 1.52. The van der Waals surface area contributed by atoms with Crippen LogP contribution in [0.25, 0.3) is 22.0 Å². The predicted octanol–water partition coefficient (Wildman–Crippen LogP) is 4.59. The number of amides is 1. The third-order valence-corrected chi connectivity index (χ3v) is 5.32. The highest BCUT2D eigenvalue weighted by molar-refractivity contribution is 5.85. The largest absolute Gasteiger partial charge is 0.447 e. The van der Waals surface area contributed by atoms with Crippen molar-refractivity contribution in [3.05, 3.63) is 48.4 Å². The second-order valence-electron chi connectivity index (χ2n) is 7.65. The third-order valence-electron chi connectivity index (χ3n) is 5.32. The molecule has 6 nitrogen and oxygen atoms in total. The number of hydrogen-bond donors (Lipinski definition) is 0. The summed E-state index contributed by atoms with van der Waals surface area (Å²) in [5.41, 5.74) is 4.46. The van der Waals surface area contributed by atoms with Crippen LogP contribution in [0.4, 0.5) is 4.79 Å². The van der Waals surface area contributed by atoms with Crippen LogP contribution in [-0.2, 0) is 4.74 Å². The van der Waals surface area contributed by atoms with E-state index in [1.165, 1.54) is 0 Å². The maximum Gasteiger partial charge on any atom is 0.410 e. The average molecular weight is 378 g/mol. The Morgan fingerprint density at radius 1 is 1.21 bits per heavy atom. The standard InChI is InChI=1S/C22H26N4O2/c1-15(2)28-22(27)25-11-8-19(9-12-25)26-21-7-6-17(13-18(21)14-24-26)20-5-4-10-23-16(20)3/h4-7,10,13-15,19H,8-9,11-12H2,1-3H3. The molecule has 2 aromatic heterocycles. The number of benzene rings is 1. The molecule has 1 aromatic carbocycles. The molecule has 0 N–H and O–H groups in total. The van der Waals surface area contributed by atoms with Gasteiger partial charge in [0.2, 0.25) is 0 Å². The number of fused-ring (bicyclic) bond motifs is 1. The molecule has 0 unspecified atom stereocenters. The molecule has 0 spiro atoms. The van der Waals surface area contributed by atoms with Crippen LogP contribution in [0.2, 0.25) is 0 Å². The summed E-state index contributed by atoms with van der Waals surface area (Å²) in [6.45, 7) is 7.18. The Kier molecular flexibility index (Phi) is 5.03. The Hall–Kier alpha value is -2.89. The molecule has 3 heterocycles. The number of carbonyl (C=O) groups excluding carboxylic acids is 1. The number of pyridine rings is 1. The fourth-order valence-electron chi connectivity index (χ4n) is 3.87. The number of aromatic nitrogens is 3. The van der Waals surface area contributed by atoms with Crippen molar-refractivity contribution in [2.45, 2.75) is 45.8 Å². The molecular weight excluding hydrogens is 352 g/mol. The molecule has 0 saturated carbocycles.